The van der Waals surface area contributed by atoms with Gasteiger partial charge in [0.15, 0.2) is 11.5 Å². The third kappa shape index (κ3) is 3.79. The molecule has 0 fully saturated rings. The maximum atomic E-state index is 5.97. The molecule has 7 nitrogen and oxygen atoms in total. The summed E-state index contributed by atoms with van der Waals surface area (Å²) in [7, 11) is 0. The third-order valence-corrected chi connectivity index (χ3v) is 5.94. The standard InChI is InChI=1S/C24H27N7/c1-16(2)18-9-7-17(8-10-18)13-30-11-12-31(14-19-5-3-4-6-20(19)30)23-21-22(27-15-26-21)28-24(25)29-23/h3-10,15-16H,11-14H2,1-2H3,(H3,25,26,27,28,29). The second kappa shape index (κ2) is 7.91. The average molecular weight is 414 g/mol. The monoisotopic (exact) mass is 413 g/mol. The van der Waals surface area contributed by atoms with Crippen molar-refractivity contribution in [1.29, 1.82) is 0 Å². The SMILES string of the molecule is CC(C)c1ccc(CN2CCN(c3nc(N)nc4nc[nH]c34)Cc3ccccc32)cc1. The highest BCUT2D eigenvalue weighted by molar-refractivity contribution is 5.84. The predicted molar refractivity (Wildman–Crippen MR) is 125 cm³/mol. The Morgan fingerprint density at radius 2 is 1.84 bits per heavy atom. The van der Waals surface area contributed by atoms with E-state index in [1.807, 2.05) is 0 Å². The maximum absolute atomic E-state index is 5.97. The highest BCUT2D eigenvalue weighted by Gasteiger charge is 2.23. The Balaban J connectivity index is 1.46. The molecule has 0 radical (unpaired) electrons. The van der Waals surface area contributed by atoms with Crippen molar-refractivity contribution in [3.63, 3.8) is 0 Å². The number of hydrogen-bond acceptors (Lipinski definition) is 6. The summed E-state index contributed by atoms with van der Waals surface area (Å²) in [5, 5.41) is 0. The highest BCUT2D eigenvalue weighted by atomic mass is 15.3. The molecule has 0 bridgehead atoms. The van der Waals surface area contributed by atoms with Crippen LogP contribution in [0.5, 0.6) is 0 Å². The van der Waals surface area contributed by atoms with Gasteiger partial charge in [0.25, 0.3) is 0 Å². The number of para-hydroxylation sites is 1. The molecule has 2 aromatic carbocycles. The van der Waals surface area contributed by atoms with Gasteiger partial charge in [-0.1, -0.05) is 56.3 Å². The number of nitrogens with two attached hydrogens (primary N) is 1. The summed E-state index contributed by atoms with van der Waals surface area (Å²) < 4.78 is 0. The summed E-state index contributed by atoms with van der Waals surface area (Å²) in [6.45, 7) is 7.78. The number of fused-ring (bicyclic) bond motifs is 2. The van der Waals surface area contributed by atoms with Crippen molar-refractivity contribution in [3.8, 4) is 0 Å². The van der Waals surface area contributed by atoms with Gasteiger partial charge in [-0.05, 0) is 28.7 Å². The van der Waals surface area contributed by atoms with Gasteiger partial charge in [0.05, 0.1) is 6.33 Å². The molecule has 0 unspecified atom stereocenters. The van der Waals surface area contributed by atoms with Crippen LogP contribution in [-0.4, -0.2) is 33.0 Å². The molecule has 5 rings (SSSR count). The van der Waals surface area contributed by atoms with Crippen molar-refractivity contribution in [2.45, 2.75) is 32.9 Å². The lowest BCUT2D eigenvalue weighted by Crippen LogP contribution is -2.32. The largest absolute Gasteiger partial charge is 0.368 e. The van der Waals surface area contributed by atoms with Crippen molar-refractivity contribution in [1.82, 2.24) is 19.9 Å². The van der Waals surface area contributed by atoms with Crippen molar-refractivity contribution in [2.24, 2.45) is 0 Å². The number of aromatic nitrogens is 4. The van der Waals surface area contributed by atoms with Crippen LogP contribution in [0, 0.1) is 0 Å². The predicted octanol–water partition coefficient (Wildman–Crippen LogP) is 4.09. The number of benzene rings is 2. The van der Waals surface area contributed by atoms with E-state index in [-0.39, 0.29) is 5.95 Å². The minimum Gasteiger partial charge on any atom is -0.368 e. The molecule has 0 amide bonds. The Morgan fingerprint density at radius 1 is 1.03 bits per heavy atom. The Bertz CT molecular complexity index is 1200. The molecular formula is C24H27N7. The number of hydrogen-bond donors (Lipinski definition) is 2. The van der Waals surface area contributed by atoms with Gasteiger partial charge in [-0.2, -0.15) is 9.97 Å². The summed E-state index contributed by atoms with van der Waals surface area (Å²) >= 11 is 0. The fourth-order valence-electron chi connectivity index (χ4n) is 4.24. The second-order valence-electron chi connectivity index (χ2n) is 8.37. The van der Waals surface area contributed by atoms with E-state index in [2.05, 4.69) is 92.1 Å². The van der Waals surface area contributed by atoms with E-state index in [4.69, 9.17) is 5.73 Å². The molecule has 158 valence electrons. The Kier molecular flexibility index (Phi) is 4.94. The molecule has 7 heteroatoms. The number of nitrogen functional groups attached to an aromatic ring is 1. The molecule has 1 aliphatic rings. The molecule has 31 heavy (non-hydrogen) atoms. The summed E-state index contributed by atoms with van der Waals surface area (Å²) in [6, 6.07) is 17.6. The fraction of sp³-hybridized carbons (Fsp3) is 0.292. The van der Waals surface area contributed by atoms with Gasteiger partial charge in [0, 0.05) is 31.9 Å². The first-order chi connectivity index (χ1) is 15.1. The van der Waals surface area contributed by atoms with Gasteiger partial charge >= 0.3 is 0 Å². The van der Waals surface area contributed by atoms with Crippen LogP contribution >= 0.6 is 0 Å². The van der Waals surface area contributed by atoms with E-state index < -0.39 is 0 Å². The normalized spacial score (nSPS) is 14.2. The summed E-state index contributed by atoms with van der Waals surface area (Å²) in [5.41, 5.74) is 12.6. The topological polar surface area (TPSA) is 87.0 Å². The molecule has 4 aromatic rings. The van der Waals surface area contributed by atoms with Crippen LogP contribution < -0.4 is 15.5 Å². The van der Waals surface area contributed by atoms with E-state index in [9.17, 15) is 0 Å². The van der Waals surface area contributed by atoms with Crippen molar-refractivity contribution in [2.75, 3.05) is 28.6 Å². The van der Waals surface area contributed by atoms with Gasteiger partial charge in [0.2, 0.25) is 5.95 Å². The van der Waals surface area contributed by atoms with Gasteiger partial charge in [-0.3, -0.25) is 0 Å². The van der Waals surface area contributed by atoms with Crippen LogP contribution in [-0.2, 0) is 13.1 Å². The van der Waals surface area contributed by atoms with E-state index in [0.29, 0.717) is 11.6 Å². The molecule has 1 aliphatic heterocycles. The lowest BCUT2D eigenvalue weighted by molar-refractivity contribution is 0.750. The Morgan fingerprint density at radius 3 is 2.65 bits per heavy atom. The van der Waals surface area contributed by atoms with Gasteiger partial charge in [-0.25, -0.2) is 4.98 Å². The van der Waals surface area contributed by atoms with Gasteiger partial charge < -0.3 is 20.5 Å². The zero-order valence-electron chi connectivity index (χ0n) is 17.9. The number of H-pyrrole nitrogens is 1. The van der Waals surface area contributed by atoms with Crippen LogP contribution in [0.15, 0.2) is 54.9 Å². The number of nitrogens with zero attached hydrogens (tertiary/aromatic N) is 5. The molecule has 2 aromatic heterocycles. The molecule has 3 N–H and O–H groups in total. The van der Waals surface area contributed by atoms with Crippen molar-refractivity contribution >= 4 is 28.6 Å². The zero-order chi connectivity index (χ0) is 21.4. The second-order valence-corrected chi connectivity index (χ2v) is 8.37. The van der Waals surface area contributed by atoms with Crippen LogP contribution in [0.25, 0.3) is 11.2 Å². The lowest BCUT2D eigenvalue weighted by Gasteiger charge is -2.25. The molecule has 0 aliphatic carbocycles. The molecule has 3 heterocycles. The average Bonchev–Trinajstić information content (AvgIpc) is 3.16. The Labute approximate surface area is 182 Å². The smallest absolute Gasteiger partial charge is 0.224 e. The molecular weight excluding hydrogens is 386 g/mol. The van der Waals surface area contributed by atoms with E-state index in [1.165, 1.54) is 22.4 Å². The first-order valence-electron chi connectivity index (χ1n) is 10.7. The van der Waals surface area contributed by atoms with Crippen LogP contribution in [0.2, 0.25) is 0 Å². The van der Waals surface area contributed by atoms with E-state index in [1.54, 1.807) is 6.33 Å². The highest BCUT2D eigenvalue weighted by Crippen LogP contribution is 2.31. The minimum absolute atomic E-state index is 0.245. The first-order valence-corrected chi connectivity index (χ1v) is 10.7. The Hall–Kier alpha value is -3.61. The maximum Gasteiger partial charge on any atom is 0.224 e. The van der Waals surface area contributed by atoms with Crippen molar-refractivity contribution in [3.05, 3.63) is 71.5 Å². The first kappa shape index (κ1) is 19.4. The summed E-state index contributed by atoms with van der Waals surface area (Å²) in [5.74, 6) is 1.59. The summed E-state index contributed by atoms with van der Waals surface area (Å²) in [6.07, 6.45) is 1.64. The van der Waals surface area contributed by atoms with E-state index >= 15 is 0 Å². The van der Waals surface area contributed by atoms with Crippen molar-refractivity contribution < 1.29 is 0 Å². The molecule has 0 spiro atoms. The number of anilines is 3. The number of aromatic amines is 1. The third-order valence-electron chi connectivity index (χ3n) is 5.94. The molecule has 0 saturated heterocycles. The minimum atomic E-state index is 0.245. The number of nitrogens with one attached hydrogen (secondary N) is 1. The van der Waals surface area contributed by atoms with Gasteiger partial charge in [0.1, 0.15) is 5.52 Å². The number of imidazole rings is 1. The van der Waals surface area contributed by atoms with Gasteiger partial charge in [-0.15, -0.1) is 0 Å². The molecule has 0 saturated carbocycles. The van der Waals surface area contributed by atoms with Crippen LogP contribution in [0.4, 0.5) is 17.5 Å². The van der Waals surface area contributed by atoms with E-state index in [0.717, 1.165) is 37.5 Å². The number of rotatable bonds is 4. The zero-order valence-corrected chi connectivity index (χ0v) is 17.9. The van der Waals surface area contributed by atoms with Crippen LogP contribution in [0.1, 0.15) is 36.5 Å². The quantitative estimate of drug-likeness (QED) is 0.524. The fourth-order valence-corrected chi connectivity index (χ4v) is 4.24. The molecule has 0 atom stereocenters. The lowest BCUT2D eigenvalue weighted by atomic mass is 10.0. The van der Waals surface area contributed by atoms with Crippen LogP contribution in [0.3, 0.4) is 0 Å². The summed E-state index contributed by atoms with van der Waals surface area (Å²) in [4.78, 5) is 20.9.